The van der Waals surface area contributed by atoms with E-state index in [9.17, 15) is 4.79 Å². The minimum Gasteiger partial charge on any atom is -0.355 e. The summed E-state index contributed by atoms with van der Waals surface area (Å²) in [6.07, 6.45) is 2.36. The van der Waals surface area contributed by atoms with Gasteiger partial charge in [-0.05, 0) is 25.6 Å². The van der Waals surface area contributed by atoms with Gasteiger partial charge in [-0.3, -0.25) is 9.78 Å². The number of hydrogen-bond acceptors (Lipinski definition) is 4. The lowest BCUT2D eigenvalue weighted by Crippen LogP contribution is -2.38. The second-order valence-electron chi connectivity index (χ2n) is 4.39. The van der Waals surface area contributed by atoms with Gasteiger partial charge in [-0.15, -0.1) is 0 Å². The third-order valence-electron chi connectivity index (χ3n) is 2.61. The molecule has 0 unspecified atom stereocenters. The van der Waals surface area contributed by atoms with E-state index in [1.54, 1.807) is 18.0 Å². The maximum atomic E-state index is 11.6. The van der Waals surface area contributed by atoms with Gasteiger partial charge in [-0.2, -0.15) is 11.8 Å². The Bertz CT molecular complexity index is 359. The number of carbonyl (C=O) groups is 1. The molecule has 19 heavy (non-hydrogen) atoms. The second kappa shape index (κ2) is 9.81. The van der Waals surface area contributed by atoms with Crippen LogP contribution in [0.5, 0.6) is 0 Å². The van der Waals surface area contributed by atoms with Crippen molar-refractivity contribution in [3.05, 3.63) is 30.1 Å². The van der Waals surface area contributed by atoms with E-state index >= 15 is 0 Å². The van der Waals surface area contributed by atoms with Crippen LogP contribution in [-0.2, 0) is 10.5 Å². The fraction of sp³-hybridized carbons (Fsp3) is 0.571. The van der Waals surface area contributed by atoms with Crippen molar-refractivity contribution in [2.24, 2.45) is 0 Å². The van der Waals surface area contributed by atoms with Crippen LogP contribution >= 0.6 is 11.8 Å². The highest BCUT2D eigenvalue weighted by atomic mass is 32.2. The van der Waals surface area contributed by atoms with E-state index in [0.717, 1.165) is 23.7 Å². The highest BCUT2D eigenvalue weighted by Crippen LogP contribution is 2.10. The largest absolute Gasteiger partial charge is 0.355 e. The molecule has 1 rings (SSSR count). The quantitative estimate of drug-likeness (QED) is 0.678. The van der Waals surface area contributed by atoms with E-state index < -0.39 is 0 Å². The Morgan fingerprint density at radius 2 is 2.32 bits per heavy atom. The lowest BCUT2D eigenvalue weighted by Gasteiger charge is -2.13. The van der Waals surface area contributed by atoms with Crippen LogP contribution in [0.25, 0.3) is 0 Å². The average Bonchev–Trinajstić information content (AvgIpc) is 2.43. The summed E-state index contributed by atoms with van der Waals surface area (Å²) in [5.74, 6) is 1.82. The Kier molecular flexibility index (Phi) is 8.25. The van der Waals surface area contributed by atoms with Crippen molar-refractivity contribution < 1.29 is 4.79 Å². The first kappa shape index (κ1) is 16.0. The average molecular weight is 281 g/mol. The predicted molar refractivity (Wildman–Crippen MR) is 81.2 cm³/mol. The molecule has 1 atom stereocenters. The molecule has 0 saturated heterocycles. The summed E-state index contributed by atoms with van der Waals surface area (Å²) in [5, 5.41) is 6.20. The lowest BCUT2D eigenvalue weighted by molar-refractivity contribution is -0.120. The number of rotatable bonds is 9. The summed E-state index contributed by atoms with van der Waals surface area (Å²) in [4.78, 5) is 15.8. The molecule has 0 bridgehead atoms. The molecule has 1 aromatic heterocycles. The van der Waals surface area contributed by atoms with Gasteiger partial charge in [0.25, 0.3) is 0 Å². The van der Waals surface area contributed by atoms with Crippen LogP contribution in [0.1, 0.15) is 26.0 Å². The molecule has 0 radical (unpaired) electrons. The predicted octanol–water partition coefficient (Wildman–Crippen LogP) is 1.82. The molecule has 0 saturated carbocycles. The van der Waals surface area contributed by atoms with Crippen LogP contribution in [0, 0.1) is 0 Å². The molecule has 0 aliphatic rings. The topological polar surface area (TPSA) is 54.0 Å². The van der Waals surface area contributed by atoms with Crippen LogP contribution in [0.4, 0.5) is 0 Å². The Labute approximate surface area is 119 Å². The minimum atomic E-state index is 0.123. The summed E-state index contributed by atoms with van der Waals surface area (Å²) >= 11 is 1.74. The van der Waals surface area contributed by atoms with Crippen LogP contribution in [0.2, 0.25) is 0 Å². The summed E-state index contributed by atoms with van der Waals surface area (Å²) in [5.41, 5.74) is 1.06. The zero-order valence-electron chi connectivity index (χ0n) is 11.7. The maximum absolute atomic E-state index is 11.6. The molecule has 0 aliphatic carbocycles. The number of carbonyl (C=O) groups excluding carboxylic acids is 1. The number of amides is 1. The van der Waals surface area contributed by atoms with Crippen molar-refractivity contribution in [1.29, 1.82) is 0 Å². The smallest absolute Gasteiger partial charge is 0.220 e. The molecule has 1 amide bonds. The van der Waals surface area contributed by atoms with Crippen LogP contribution < -0.4 is 10.6 Å². The third-order valence-corrected chi connectivity index (χ3v) is 3.60. The minimum absolute atomic E-state index is 0.123. The molecule has 0 aromatic carbocycles. The van der Waals surface area contributed by atoms with Crippen LogP contribution in [0.3, 0.4) is 0 Å². The van der Waals surface area contributed by atoms with Gasteiger partial charge in [0.15, 0.2) is 0 Å². The van der Waals surface area contributed by atoms with Crippen molar-refractivity contribution in [3.8, 4) is 0 Å². The van der Waals surface area contributed by atoms with E-state index in [1.165, 1.54) is 0 Å². The SMILES string of the molecule is CCN[C@H](C)CNC(=O)CCSCc1ccccn1. The second-order valence-corrected chi connectivity index (χ2v) is 5.49. The maximum Gasteiger partial charge on any atom is 0.220 e. The molecule has 5 heteroatoms. The summed E-state index contributed by atoms with van der Waals surface area (Å²) < 4.78 is 0. The van der Waals surface area contributed by atoms with E-state index in [4.69, 9.17) is 0 Å². The summed E-state index contributed by atoms with van der Waals surface area (Å²) in [6, 6.07) is 6.23. The fourth-order valence-electron chi connectivity index (χ4n) is 1.60. The molecule has 2 N–H and O–H groups in total. The molecule has 0 fully saturated rings. The number of thioether (sulfide) groups is 1. The van der Waals surface area contributed by atoms with Crippen molar-refractivity contribution in [2.75, 3.05) is 18.8 Å². The zero-order valence-corrected chi connectivity index (χ0v) is 12.5. The first-order valence-corrected chi connectivity index (χ1v) is 7.85. The summed E-state index contributed by atoms with van der Waals surface area (Å²) in [6.45, 7) is 5.75. The monoisotopic (exact) mass is 281 g/mol. The van der Waals surface area contributed by atoms with Gasteiger partial charge < -0.3 is 10.6 Å². The van der Waals surface area contributed by atoms with Crippen molar-refractivity contribution in [1.82, 2.24) is 15.6 Å². The van der Waals surface area contributed by atoms with Crippen LogP contribution in [-0.4, -0.2) is 35.8 Å². The Morgan fingerprint density at radius 1 is 1.47 bits per heavy atom. The number of nitrogens with one attached hydrogen (secondary N) is 2. The van der Waals surface area contributed by atoms with Gasteiger partial charge in [0, 0.05) is 36.7 Å². The lowest BCUT2D eigenvalue weighted by atomic mass is 10.3. The van der Waals surface area contributed by atoms with Gasteiger partial charge in [0.2, 0.25) is 5.91 Å². The van der Waals surface area contributed by atoms with Gasteiger partial charge in [-0.25, -0.2) is 0 Å². The number of aromatic nitrogens is 1. The highest BCUT2D eigenvalue weighted by Gasteiger charge is 2.04. The number of pyridine rings is 1. The third kappa shape index (κ3) is 7.85. The normalized spacial score (nSPS) is 12.1. The van der Waals surface area contributed by atoms with Gasteiger partial charge >= 0.3 is 0 Å². The molecule has 1 heterocycles. The van der Waals surface area contributed by atoms with Gasteiger partial charge in [0.05, 0.1) is 5.69 Å². The summed E-state index contributed by atoms with van der Waals surface area (Å²) in [7, 11) is 0. The van der Waals surface area contributed by atoms with E-state index in [-0.39, 0.29) is 5.91 Å². The first-order valence-electron chi connectivity index (χ1n) is 6.70. The molecular formula is C14H23N3OS. The van der Waals surface area contributed by atoms with E-state index in [2.05, 4.69) is 29.5 Å². The fourth-order valence-corrected chi connectivity index (χ4v) is 2.46. The van der Waals surface area contributed by atoms with E-state index in [0.29, 0.717) is 19.0 Å². The Morgan fingerprint density at radius 3 is 3.00 bits per heavy atom. The highest BCUT2D eigenvalue weighted by molar-refractivity contribution is 7.98. The molecular weight excluding hydrogens is 258 g/mol. The Hall–Kier alpha value is -1.07. The van der Waals surface area contributed by atoms with E-state index in [1.807, 2.05) is 18.2 Å². The molecule has 1 aromatic rings. The molecule has 4 nitrogen and oxygen atoms in total. The standard InChI is InChI=1S/C14H23N3OS/c1-3-15-12(2)10-17-14(18)7-9-19-11-13-6-4-5-8-16-13/h4-6,8,12,15H,3,7,9-11H2,1-2H3,(H,17,18)/t12-/m1/s1. The van der Waals surface area contributed by atoms with Gasteiger partial charge in [0.1, 0.15) is 0 Å². The van der Waals surface area contributed by atoms with Crippen molar-refractivity contribution in [2.45, 2.75) is 32.1 Å². The molecule has 0 spiro atoms. The zero-order chi connectivity index (χ0) is 13.9. The molecule has 0 aliphatic heterocycles. The van der Waals surface area contributed by atoms with Crippen molar-refractivity contribution in [3.63, 3.8) is 0 Å². The van der Waals surface area contributed by atoms with Crippen LogP contribution in [0.15, 0.2) is 24.4 Å². The number of nitrogens with zero attached hydrogens (tertiary/aromatic N) is 1. The number of hydrogen-bond donors (Lipinski definition) is 2. The Balaban J connectivity index is 2.04. The molecule has 106 valence electrons. The van der Waals surface area contributed by atoms with Gasteiger partial charge in [-0.1, -0.05) is 13.0 Å². The van der Waals surface area contributed by atoms with Crippen molar-refractivity contribution >= 4 is 17.7 Å². The number of likely N-dealkylation sites (N-methyl/N-ethyl adjacent to an activating group) is 1. The first-order chi connectivity index (χ1) is 9.22.